The lowest BCUT2D eigenvalue weighted by atomic mass is 10.2. The van der Waals surface area contributed by atoms with E-state index in [1.54, 1.807) is 0 Å². The molecule has 0 saturated heterocycles. The van der Waals surface area contributed by atoms with Gasteiger partial charge in [0.25, 0.3) is 0 Å². The zero-order valence-electron chi connectivity index (χ0n) is 10.0. The zero-order valence-corrected chi connectivity index (χ0v) is 10.0. The predicted molar refractivity (Wildman–Crippen MR) is 63.9 cm³/mol. The first-order valence-electron chi connectivity index (χ1n) is 6.37. The van der Waals surface area contributed by atoms with Crippen molar-refractivity contribution < 1.29 is 4.74 Å². The van der Waals surface area contributed by atoms with Crippen molar-refractivity contribution in [3.05, 3.63) is 0 Å². The molecule has 3 heteroatoms. The van der Waals surface area contributed by atoms with Crippen molar-refractivity contribution in [2.45, 2.75) is 45.1 Å². The Hall–Kier alpha value is -0.120. The Morgan fingerprint density at radius 3 is 2.87 bits per heavy atom. The average molecular weight is 214 g/mol. The smallest absolute Gasteiger partial charge is 0.0494 e. The number of ether oxygens (including phenoxy) is 1. The molecule has 1 fully saturated rings. The Morgan fingerprint density at radius 2 is 2.20 bits per heavy atom. The fraction of sp³-hybridized carbons (Fsp3) is 1.00. The molecule has 1 atom stereocenters. The van der Waals surface area contributed by atoms with E-state index in [4.69, 9.17) is 10.5 Å². The van der Waals surface area contributed by atoms with E-state index in [1.807, 2.05) is 0 Å². The van der Waals surface area contributed by atoms with Gasteiger partial charge in [-0.25, -0.2) is 0 Å². The molecule has 0 bridgehead atoms. The maximum atomic E-state index is 5.81. The van der Waals surface area contributed by atoms with Crippen molar-refractivity contribution in [1.82, 2.24) is 5.32 Å². The van der Waals surface area contributed by atoms with Crippen molar-refractivity contribution in [2.75, 3.05) is 26.3 Å². The van der Waals surface area contributed by atoms with Crippen LogP contribution in [0.1, 0.15) is 39.0 Å². The standard InChI is InChI=1S/C12H26N2O/c1-2-12(13)6-8-14-7-3-9-15-10-11-4-5-11/h11-12,14H,2-10,13H2,1H3. The van der Waals surface area contributed by atoms with Gasteiger partial charge in [0.1, 0.15) is 0 Å². The Bertz CT molecular complexity index is 149. The summed E-state index contributed by atoms with van der Waals surface area (Å²) in [6.45, 7) is 6.12. The van der Waals surface area contributed by atoms with Gasteiger partial charge in [0.15, 0.2) is 0 Å². The minimum Gasteiger partial charge on any atom is -0.381 e. The van der Waals surface area contributed by atoms with Crippen molar-refractivity contribution in [2.24, 2.45) is 11.7 Å². The number of hydrogen-bond donors (Lipinski definition) is 2. The molecule has 1 aliphatic rings. The summed E-state index contributed by atoms with van der Waals surface area (Å²) in [6, 6.07) is 0.364. The van der Waals surface area contributed by atoms with Crippen molar-refractivity contribution >= 4 is 0 Å². The van der Waals surface area contributed by atoms with Crippen LogP contribution in [0.5, 0.6) is 0 Å². The van der Waals surface area contributed by atoms with Gasteiger partial charge in [-0.1, -0.05) is 6.92 Å². The third-order valence-corrected chi connectivity index (χ3v) is 2.91. The lowest BCUT2D eigenvalue weighted by molar-refractivity contribution is 0.122. The van der Waals surface area contributed by atoms with Gasteiger partial charge in [0.2, 0.25) is 0 Å². The molecule has 0 aliphatic heterocycles. The molecule has 1 saturated carbocycles. The largest absolute Gasteiger partial charge is 0.381 e. The lowest BCUT2D eigenvalue weighted by Crippen LogP contribution is -2.26. The SMILES string of the molecule is CCC(N)CCNCCCOCC1CC1. The fourth-order valence-electron chi connectivity index (χ4n) is 1.45. The first kappa shape index (κ1) is 12.9. The van der Waals surface area contributed by atoms with Crippen LogP contribution in [0.3, 0.4) is 0 Å². The van der Waals surface area contributed by atoms with E-state index in [0.717, 1.165) is 51.5 Å². The van der Waals surface area contributed by atoms with Crippen molar-refractivity contribution in [1.29, 1.82) is 0 Å². The van der Waals surface area contributed by atoms with Crippen LogP contribution in [-0.2, 0) is 4.74 Å². The molecule has 0 aromatic carbocycles. The summed E-state index contributed by atoms with van der Waals surface area (Å²) in [5, 5.41) is 3.39. The molecule has 3 N–H and O–H groups in total. The summed E-state index contributed by atoms with van der Waals surface area (Å²) in [7, 11) is 0. The number of nitrogens with two attached hydrogens (primary N) is 1. The minimum atomic E-state index is 0.364. The molecule has 1 rings (SSSR count). The maximum absolute atomic E-state index is 5.81. The van der Waals surface area contributed by atoms with Crippen molar-refractivity contribution in [3.63, 3.8) is 0 Å². The second-order valence-corrected chi connectivity index (χ2v) is 4.58. The van der Waals surface area contributed by atoms with E-state index in [2.05, 4.69) is 12.2 Å². The molecule has 0 spiro atoms. The van der Waals surface area contributed by atoms with Crippen LogP contribution in [0.15, 0.2) is 0 Å². The number of hydrogen-bond acceptors (Lipinski definition) is 3. The molecule has 3 nitrogen and oxygen atoms in total. The van der Waals surface area contributed by atoms with Gasteiger partial charge in [0, 0.05) is 19.3 Å². The van der Waals surface area contributed by atoms with Gasteiger partial charge in [-0.05, 0) is 51.1 Å². The van der Waals surface area contributed by atoms with Gasteiger partial charge < -0.3 is 15.8 Å². The average Bonchev–Trinajstić information content (AvgIpc) is 3.05. The highest BCUT2D eigenvalue weighted by atomic mass is 16.5. The van der Waals surface area contributed by atoms with Crippen molar-refractivity contribution in [3.8, 4) is 0 Å². The summed E-state index contributed by atoms with van der Waals surface area (Å²) < 4.78 is 5.54. The van der Waals surface area contributed by atoms with Crippen LogP contribution in [0.25, 0.3) is 0 Å². The van der Waals surface area contributed by atoms with Crippen LogP contribution in [0.2, 0.25) is 0 Å². The van der Waals surface area contributed by atoms with E-state index in [1.165, 1.54) is 12.8 Å². The van der Waals surface area contributed by atoms with Gasteiger partial charge >= 0.3 is 0 Å². The van der Waals surface area contributed by atoms with Crippen LogP contribution >= 0.6 is 0 Å². The highest BCUT2D eigenvalue weighted by Gasteiger charge is 2.20. The van der Waals surface area contributed by atoms with Crippen LogP contribution in [-0.4, -0.2) is 32.3 Å². The second kappa shape index (κ2) is 8.08. The Labute approximate surface area is 93.8 Å². The Balaban J connectivity index is 1.68. The fourth-order valence-corrected chi connectivity index (χ4v) is 1.45. The monoisotopic (exact) mass is 214 g/mol. The van der Waals surface area contributed by atoms with E-state index in [9.17, 15) is 0 Å². The molecular formula is C12H26N2O. The van der Waals surface area contributed by atoms with Gasteiger partial charge in [-0.2, -0.15) is 0 Å². The zero-order chi connectivity index (χ0) is 10.9. The molecular weight excluding hydrogens is 188 g/mol. The number of rotatable bonds is 10. The first-order valence-corrected chi connectivity index (χ1v) is 6.37. The van der Waals surface area contributed by atoms with Crippen LogP contribution < -0.4 is 11.1 Å². The van der Waals surface area contributed by atoms with E-state index in [-0.39, 0.29) is 0 Å². The highest BCUT2D eigenvalue weighted by molar-refractivity contribution is 4.71. The molecule has 0 radical (unpaired) electrons. The third-order valence-electron chi connectivity index (χ3n) is 2.91. The molecule has 15 heavy (non-hydrogen) atoms. The molecule has 1 unspecified atom stereocenters. The Kier molecular flexibility index (Phi) is 6.98. The topological polar surface area (TPSA) is 47.3 Å². The molecule has 0 amide bonds. The van der Waals surface area contributed by atoms with E-state index in [0.29, 0.717) is 6.04 Å². The maximum Gasteiger partial charge on any atom is 0.0494 e. The van der Waals surface area contributed by atoms with Gasteiger partial charge in [-0.15, -0.1) is 0 Å². The molecule has 90 valence electrons. The van der Waals surface area contributed by atoms with E-state index >= 15 is 0 Å². The van der Waals surface area contributed by atoms with E-state index < -0.39 is 0 Å². The second-order valence-electron chi connectivity index (χ2n) is 4.58. The minimum absolute atomic E-state index is 0.364. The highest BCUT2D eigenvalue weighted by Crippen LogP contribution is 2.28. The third kappa shape index (κ3) is 7.77. The summed E-state index contributed by atoms with van der Waals surface area (Å²) in [4.78, 5) is 0. The predicted octanol–water partition coefficient (Wildman–Crippen LogP) is 1.52. The van der Waals surface area contributed by atoms with Crippen LogP contribution in [0.4, 0.5) is 0 Å². The lowest BCUT2D eigenvalue weighted by Gasteiger charge is -2.09. The van der Waals surface area contributed by atoms with Crippen LogP contribution in [0, 0.1) is 5.92 Å². The number of nitrogens with one attached hydrogen (secondary N) is 1. The summed E-state index contributed by atoms with van der Waals surface area (Å²) in [6.07, 6.45) is 6.04. The normalized spacial score (nSPS) is 18.0. The molecule has 1 aliphatic carbocycles. The summed E-state index contributed by atoms with van der Waals surface area (Å²) >= 11 is 0. The molecule has 0 heterocycles. The van der Waals surface area contributed by atoms with Gasteiger partial charge in [-0.3, -0.25) is 0 Å². The van der Waals surface area contributed by atoms with Gasteiger partial charge in [0.05, 0.1) is 0 Å². The Morgan fingerprint density at radius 1 is 1.40 bits per heavy atom. The first-order chi connectivity index (χ1) is 7.33. The molecule has 0 aromatic heterocycles. The summed E-state index contributed by atoms with van der Waals surface area (Å²) in [5.74, 6) is 0.889. The quantitative estimate of drug-likeness (QED) is 0.542. The summed E-state index contributed by atoms with van der Waals surface area (Å²) in [5.41, 5.74) is 5.81. The molecule has 0 aromatic rings.